The van der Waals surface area contributed by atoms with Gasteiger partial charge in [0.2, 0.25) is 5.91 Å². The van der Waals surface area contributed by atoms with Crippen LogP contribution in [0, 0.1) is 5.82 Å². The van der Waals surface area contributed by atoms with Crippen molar-refractivity contribution in [3.8, 4) is 0 Å². The molecular formula is C15H15BrFN3O. The Balaban J connectivity index is 2.04. The number of H-pyrrole nitrogens is 1. The standard InChI is InChI=1S/C15H15BrFN3O/c1-2-13(15-18-7-8-19-15)20-14(21)6-3-10-9-11(16)4-5-12(10)17/h3-9,13H,2H2,1H3,(H,18,19)(H,20,21)/b6-3+. The van der Waals surface area contributed by atoms with Gasteiger partial charge < -0.3 is 10.3 Å². The number of nitrogens with zero attached hydrogens (tertiary/aromatic N) is 1. The maximum Gasteiger partial charge on any atom is 0.244 e. The van der Waals surface area contributed by atoms with Gasteiger partial charge in [0.05, 0.1) is 6.04 Å². The smallest absolute Gasteiger partial charge is 0.244 e. The van der Waals surface area contributed by atoms with E-state index in [1.807, 2.05) is 6.92 Å². The molecular weight excluding hydrogens is 337 g/mol. The zero-order valence-electron chi connectivity index (χ0n) is 11.4. The maximum absolute atomic E-state index is 13.6. The molecule has 1 aromatic carbocycles. The minimum atomic E-state index is -0.375. The van der Waals surface area contributed by atoms with Gasteiger partial charge in [0, 0.05) is 28.5 Å². The van der Waals surface area contributed by atoms with Crippen LogP contribution in [0.5, 0.6) is 0 Å². The molecule has 2 aromatic rings. The Bertz CT molecular complexity index is 640. The van der Waals surface area contributed by atoms with Gasteiger partial charge in [-0.05, 0) is 30.7 Å². The predicted molar refractivity (Wildman–Crippen MR) is 82.9 cm³/mol. The van der Waals surface area contributed by atoms with Crippen LogP contribution in [0.15, 0.2) is 41.1 Å². The largest absolute Gasteiger partial charge is 0.347 e. The van der Waals surface area contributed by atoms with Crippen molar-refractivity contribution in [2.45, 2.75) is 19.4 Å². The van der Waals surface area contributed by atoms with Gasteiger partial charge in [-0.1, -0.05) is 22.9 Å². The number of carbonyl (C=O) groups is 1. The number of amides is 1. The molecule has 1 atom stereocenters. The SMILES string of the molecule is CCC(NC(=O)/C=C/c1cc(Br)ccc1F)c1ncc[nH]1. The summed E-state index contributed by atoms with van der Waals surface area (Å²) < 4.78 is 14.3. The fraction of sp³-hybridized carbons (Fsp3) is 0.200. The van der Waals surface area contributed by atoms with E-state index in [0.717, 1.165) is 4.47 Å². The summed E-state index contributed by atoms with van der Waals surface area (Å²) in [5.41, 5.74) is 0.352. The van der Waals surface area contributed by atoms with Crippen LogP contribution < -0.4 is 5.32 Å². The number of benzene rings is 1. The second-order valence-corrected chi connectivity index (χ2v) is 5.36. The van der Waals surface area contributed by atoms with Gasteiger partial charge in [-0.15, -0.1) is 0 Å². The normalized spacial score (nSPS) is 12.5. The third-order valence-electron chi connectivity index (χ3n) is 2.95. The number of halogens is 2. The molecule has 21 heavy (non-hydrogen) atoms. The number of imidazole rings is 1. The number of hydrogen-bond acceptors (Lipinski definition) is 2. The van der Waals surface area contributed by atoms with E-state index in [1.165, 1.54) is 18.2 Å². The summed E-state index contributed by atoms with van der Waals surface area (Å²) >= 11 is 3.27. The lowest BCUT2D eigenvalue weighted by atomic mass is 10.2. The fourth-order valence-electron chi connectivity index (χ4n) is 1.86. The first-order valence-electron chi connectivity index (χ1n) is 6.53. The van der Waals surface area contributed by atoms with Gasteiger partial charge in [-0.3, -0.25) is 4.79 Å². The Kier molecular flexibility index (Phi) is 5.27. The zero-order chi connectivity index (χ0) is 15.2. The second-order valence-electron chi connectivity index (χ2n) is 4.44. The van der Waals surface area contributed by atoms with Gasteiger partial charge in [-0.25, -0.2) is 9.37 Å². The highest BCUT2D eigenvalue weighted by molar-refractivity contribution is 9.10. The van der Waals surface area contributed by atoms with Crippen molar-refractivity contribution >= 4 is 27.9 Å². The summed E-state index contributed by atoms with van der Waals surface area (Å²) in [6, 6.07) is 4.38. The van der Waals surface area contributed by atoms with Crippen LogP contribution in [-0.2, 0) is 4.79 Å². The Hall–Kier alpha value is -1.95. The maximum atomic E-state index is 13.6. The number of carbonyl (C=O) groups excluding carboxylic acids is 1. The van der Waals surface area contributed by atoms with Crippen LogP contribution in [0.2, 0.25) is 0 Å². The predicted octanol–water partition coefficient (Wildman–Crippen LogP) is 3.59. The van der Waals surface area contributed by atoms with Crippen molar-refractivity contribution in [1.82, 2.24) is 15.3 Å². The molecule has 2 rings (SSSR count). The van der Waals surface area contributed by atoms with Crippen LogP contribution in [0.3, 0.4) is 0 Å². The molecule has 0 saturated heterocycles. The highest BCUT2D eigenvalue weighted by atomic mass is 79.9. The Morgan fingerprint density at radius 1 is 1.57 bits per heavy atom. The summed E-state index contributed by atoms with van der Waals surface area (Å²) in [4.78, 5) is 19.0. The summed E-state index contributed by atoms with van der Waals surface area (Å²) in [7, 11) is 0. The van der Waals surface area contributed by atoms with Crippen molar-refractivity contribution in [2.75, 3.05) is 0 Å². The van der Waals surface area contributed by atoms with Crippen molar-refractivity contribution in [3.05, 3.63) is 58.3 Å². The second kappa shape index (κ2) is 7.17. The van der Waals surface area contributed by atoms with Crippen LogP contribution >= 0.6 is 15.9 Å². The molecule has 0 radical (unpaired) electrons. The van der Waals surface area contributed by atoms with E-state index in [9.17, 15) is 9.18 Å². The molecule has 0 saturated carbocycles. The molecule has 0 aliphatic rings. The summed E-state index contributed by atoms with van der Waals surface area (Å²) in [5, 5.41) is 2.82. The molecule has 2 N–H and O–H groups in total. The highest BCUT2D eigenvalue weighted by Gasteiger charge is 2.13. The summed E-state index contributed by atoms with van der Waals surface area (Å²) in [6.07, 6.45) is 6.81. The van der Waals surface area contributed by atoms with Crippen molar-refractivity contribution < 1.29 is 9.18 Å². The Morgan fingerprint density at radius 2 is 2.38 bits per heavy atom. The topological polar surface area (TPSA) is 57.8 Å². The lowest BCUT2D eigenvalue weighted by molar-refractivity contribution is -0.117. The van der Waals surface area contributed by atoms with Gasteiger partial charge in [-0.2, -0.15) is 0 Å². The monoisotopic (exact) mass is 351 g/mol. The molecule has 1 unspecified atom stereocenters. The van der Waals surface area contributed by atoms with Crippen molar-refractivity contribution in [2.24, 2.45) is 0 Å². The molecule has 1 aromatic heterocycles. The van der Waals surface area contributed by atoms with E-state index in [1.54, 1.807) is 24.5 Å². The van der Waals surface area contributed by atoms with Crippen LogP contribution in [-0.4, -0.2) is 15.9 Å². The first-order chi connectivity index (χ1) is 10.1. The number of hydrogen-bond donors (Lipinski definition) is 2. The molecule has 0 aliphatic heterocycles. The van der Waals surface area contributed by atoms with Crippen LogP contribution in [0.25, 0.3) is 6.08 Å². The number of aromatic nitrogens is 2. The molecule has 1 heterocycles. The first kappa shape index (κ1) is 15.4. The van der Waals surface area contributed by atoms with E-state index < -0.39 is 0 Å². The minimum Gasteiger partial charge on any atom is -0.347 e. The minimum absolute atomic E-state index is 0.190. The van der Waals surface area contributed by atoms with Gasteiger partial charge in [0.15, 0.2) is 0 Å². The van der Waals surface area contributed by atoms with Gasteiger partial charge in [0.1, 0.15) is 11.6 Å². The third kappa shape index (κ3) is 4.26. The van der Waals surface area contributed by atoms with E-state index in [0.29, 0.717) is 17.8 Å². The molecule has 0 spiro atoms. The molecule has 6 heteroatoms. The molecule has 110 valence electrons. The lowest BCUT2D eigenvalue weighted by Gasteiger charge is -2.12. The lowest BCUT2D eigenvalue weighted by Crippen LogP contribution is -2.27. The van der Waals surface area contributed by atoms with E-state index in [4.69, 9.17) is 0 Å². The zero-order valence-corrected chi connectivity index (χ0v) is 13.0. The van der Waals surface area contributed by atoms with E-state index in [2.05, 4.69) is 31.2 Å². The quantitative estimate of drug-likeness (QED) is 0.808. The number of nitrogens with one attached hydrogen (secondary N) is 2. The van der Waals surface area contributed by atoms with Crippen molar-refractivity contribution in [3.63, 3.8) is 0 Å². The first-order valence-corrected chi connectivity index (χ1v) is 7.32. The average Bonchev–Trinajstić information content (AvgIpc) is 2.99. The molecule has 4 nitrogen and oxygen atoms in total. The van der Waals surface area contributed by atoms with Gasteiger partial charge >= 0.3 is 0 Å². The van der Waals surface area contributed by atoms with Crippen LogP contribution in [0.4, 0.5) is 4.39 Å². The molecule has 1 amide bonds. The van der Waals surface area contributed by atoms with E-state index >= 15 is 0 Å². The van der Waals surface area contributed by atoms with Gasteiger partial charge in [0.25, 0.3) is 0 Å². The third-order valence-corrected chi connectivity index (χ3v) is 3.44. The van der Waals surface area contributed by atoms with E-state index in [-0.39, 0.29) is 17.8 Å². The van der Waals surface area contributed by atoms with Crippen molar-refractivity contribution in [1.29, 1.82) is 0 Å². The highest BCUT2D eigenvalue weighted by Crippen LogP contribution is 2.17. The molecule has 0 aliphatic carbocycles. The average molecular weight is 352 g/mol. The summed E-state index contributed by atoms with van der Waals surface area (Å²) in [6.45, 7) is 1.95. The molecule has 0 fully saturated rings. The Morgan fingerprint density at radius 3 is 3.05 bits per heavy atom. The number of aromatic amines is 1. The fourth-order valence-corrected chi connectivity index (χ4v) is 2.24. The molecule has 0 bridgehead atoms. The Labute approximate surface area is 130 Å². The van der Waals surface area contributed by atoms with Crippen LogP contribution in [0.1, 0.15) is 30.8 Å². The summed E-state index contributed by atoms with van der Waals surface area (Å²) in [5.74, 6) is 0.0332. The number of rotatable bonds is 5.